The lowest BCUT2D eigenvalue weighted by molar-refractivity contribution is 0.464. The molecule has 4 heteroatoms. The first kappa shape index (κ1) is 17.3. The molecule has 0 aliphatic rings. The SMILES string of the molecule is Cc1cccc(Cn2c(C)c(C)c3ccnc(Oc4ccc(F)cc4)c32)c1. The molecule has 27 heavy (non-hydrogen) atoms. The van der Waals surface area contributed by atoms with E-state index >= 15 is 0 Å². The fraction of sp³-hybridized carbons (Fsp3) is 0.174. The lowest BCUT2D eigenvalue weighted by Crippen LogP contribution is -2.03. The van der Waals surface area contributed by atoms with Crippen LogP contribution in [0.5, 0.6) is 11.6 Å². The second kappa shape index (κ2) is 6.88. The van der Waals surface area contributed by atoms with Crippen LogP contribution in [0.4, 0.5) is 4.39 Å². The summed E-state index contributed by atoms with van der Waals surface area (Å²) in [6.45, 7) is 7.07. The van der Waals surface area contributed by atoms with Crippen molar-refractivity contribution in [3.05, 3.63) is 89.0 Å². The lowest BCUT2D eigenvalue weighted by Gasteiger charge is -2.12. The first-order valence-electron chi connectivity index (χ1n) is 8.96. The van der Waals surface area contributed by atoms with E-state index in [1.807, 2.05) is 6.07 Å². The molecule has 4 rings (SSSR count). The van der Waals surface area contributed by atoms with E-state index in [4.69, 9.17) is 4.74 Å². The zero-order valence-corrected chi connectivity index (χ0v) is 15.7. The van der Waals surface area contributed by atoms with Crippen LogP contribution in [-0.2, 0) is 6.54 Å². The van der Waals surface area contributed by atoms with Gasteiger partial charge in [0.25, 0.3) is 0 Å². The van der Waals surface area contributed by atoms with Crippen molar-refractivity contribution in [1.29, 1.82) is 0 Å². The number of fused-ring (bicyclic) bond motifs is 1. The van der Waals surface area contributed by atoms with Crippen molar-refractivity contribution in [3.8, 4) is 11.6 Å². The molecule has 136 valence electrons. The topological polar surface area (TPSA) is 27.1 Å². The fourth-order valence-corrected chi connectivity index (χ4v) is 3.44. The van der Waals surface area contributed by atoms with Gasteiger partial charge >= 0.3 is 0 Å². The van der Waals surface area contributed by atoms with E-state index in [0.717, 1.165) is 17.4 Å². The summed E-state index contributed by atoms with van der Waals surface area (Å²) in [7, 11) is 0. The normalized spacial score (nSPS) is 11.1. The van der Waals surface area contributed by atoms with E-state index in [0.29, 0.717) is 11.6 Å². The molecule has 2 aromatic carbocycles. The second-order valence-electron chi connectivity index (χ2n) is 6.85. The van der Waals surface area contributed by atoms with Gasteiger partial charge in [-0.15, -0.1) is 0 Å². The minimum absolute atomic E-state index is 0.289. The number of aromatic nitrogens is 2. The molecule has 0 saturated carbocycles. The van der Waals surface area contributed by atoms with E-state index in [-0.39, 0.29) is 5.82 Å². The average molecular weight is 360 g/mol. The van der Waals surface area contributed by atoms with Gasteiger partial charge in [0.05, 0.1) is 0 Å². The van der Waals surface area contributed by atoms with Crippen LogP contribution in [0, 0.1) is 26.6 Å². The summed E-state index contributed by atoms with van der Waals surface area (Å²) in [6.07, 6.45) is 1.75. The summed E-state index contributed by atoms with van der Waals surface area (Å²) in [6, 6.07) is 16.5. The van der Waals surface area contributed by atoms with Gasteiger partial charge in [-0.1, -0.05) is 29.8 Å². The number of ether oxygens (including phenoxy) is 1. The van der Waals surface area contributed by atoms with Gasteiger partial charge in [-0.25, -0.2) is 9.37 Å². The minimum Gasteiger partial charge on any atom is -0.437 e. The third-order valence-corrected chi connectivity index (χ3v) is 4.96. The minimum atomic E-state index is -0.289. The van der Waals surface area contributed by atoms with Gasteiger partial charge in [0.1, 0.15) is 17.1 Å². The monoisotopic (exact) mass is 360 g/mol. The molecule has 2 heterocycles. The number of rotatable bonds is 4. The second-order valence-corrected chi connectivity index (χ2v) is 6.85. The molecule has 2 aromatic heterocycles. The molecular weight excluding hydrogens is 339 g/mol. The molecular formula is C23H21FN2O. The number of nitrogens with zero attached hydrogens (tertiary/aromatic N) is 2. The Bertz CT molecular complexity index is 1110. The molecule has 0 unspecified atom stereocenters. The quantitative estimate of drug-likeness (QED) is 0.450. The van der Waals surface area contributed by atoms with Crippen molar-refractivity contribution in [3.63, 3.8) is 0 Å². The highest BCUT2D eigenvalue weighted by Gasteiger charge is 2.17. The Balaban J connectivity index is 1.83. The Labute approximate surface area is 158 Å². The van der Waals surface area contributed by atoms with Crippen LogP contribution >= 0.6 is 0 Å². The van der Waals surface area contributed by atoms with Gasteiger partial charge in [-0.05, 0) is 62.2 Å². The average Bonchev–Trinajstić information content (AvgIpc) is 2.90. The van der Waals surface area contributed by atoms with Crippen LogP contribution in [0.1, 0.15) is 22.4 Å². The predicted octanol–water partition coefficient (Wildman–Crippen LogP) is 5.94. The van der Waals surface area contributed by atoms with E-state index in [9.17, 15) is 4.39 Å². The Morgan fingerprint density at radius 2 is 1.78 bits per heavy atom. The van der Waals surface area contributed by atoms with Crippen LogP contribution in [0.15, 0.2) is 60.8 Å². The van der Waals surface area contributed by atoms with Crippen LogP contribution in [0.2, 0.25) is 0 Å². The molecule has 0 radical (unpaired) electrons. The maximum Gasteiger partial charge on any atom is 0.244 e. The van der Waals surface area contributed by atoms with E-state index in [1.165, 1.54) is 34.5 Å². The predicted molar refractivity (Wildman–Crippen MR) is 106 cm³/mol. The number of halogens is 1. The summed E-state index contributed by atoms with van der Waals surface area (Å²) in [5.41, 5.74) is 5.82. The van der Waals surface area contributed by atoms with Crippen LogP contribution in [0.25, 0.3) is 10.9 Å². The number of pyridine rings is 1. The van der Waals surface area contributed by atoms with E-state index in [2.05, 4.69) is 54.6 Å². The van der Waals surface area contributed by atoms with Crippen molar-refractivity contribution >= 4 is 10.9 Å². The maximum atomic E-state index is 13.2. The van der Waals surface area contributed by atoms with Crippen molar-refractivity contribution in [1.82, 2.24) is 9.55 Å². The molecule has 0 aliphatic carbocycles. The van der Waals surface area contributed by atoms with Crippen LogP contribution in [0.3, 0.4) is 0 Å². The van der Waals surface area contributed by atoms with Crippen molar-refractivity contribution in [2.24, 2.45) is 0 Å². The van der Waals surface area contributed by atoms with Gasteiger partial charge in [-0.3, -0.25) is 0 Å². The summed E-state index contributed by atoms with van der Waals surface area (Å²) >= 11 is 0. The molecule has 0 atom stereocenters. The number of hydrogen-bond acceptors (Lipinski definition) is 2. The van der Waals surface area contributed by atoms with Gasteiger partial charge in [0, 0.05) is 23.8 Å². The standard InChI is InChI=1S/C23H21FN2O/c1-15-5-4-6-18(13-15)14-26-17(3)16(2)21-11-12-25-23(22(21)26)27-20-9-7-19(24)8-10-20/h4-13H,14H2,1-3H3. The molecule has 0 bridgehead atoms. The first-order valence-corrected chi connectivity index (χ1v) is 8.96. The van der Waals surface area contributed by atoms with Crippen molar-refractivity contribution < 1.29 is 9.13 Å². The third kappa shape index (κ3) is 3.31. The third-order valence-electron chi connectivity index (χ3n) is 4.96. The van der Waals surface area contributed by atoms with Gasteiger partial charge in [0.15, 0.2) is 0 Å². The highest BCUT2D eigenvalue weighted by Crippen LogP contribution is 2.33. The van der Waals surface area contributed by atoms with Gasteiger partial charge < -0.3 is 9.30 Å². The summed E-state index contributed by atoms with van der Waals surface area (Å²) < 4.78 is 21.5. The molecule has 0 amide bonds. The molecule has 4 aromatic rings. The maximum absolute atomic E-state index is 13.2. The number of aryl methyl sites for hydroxylation is 2. The number of benzene rings is 2. The molecule has 0 spiro atoms. The summed E-state index contributed by atoms with van der Waals surface area (Å²) in [5, 5.41) is 1.12. The molecule has 0 fully saturated rings. The van der Waals surface area contributed by atoms with E-state index in [1.54, 1.807) is 18.3 Å². The van der Waals surface area contributed by atoms with Crippen LogP contribution in [-0.4, -0.2) is 9.55 Å². The fourth-order valence-electron chi connectivity index (χ4n) is 3.44. The Morgan fingerprint density at radius 3 is 2.52 bits per heavy atom. The Hall–Kier alpha value is -3.14. The van der Waals surface area contributed by atoms with Crippen molar-refractivity contribution in [2.75, 3.05) is 0 Å². The smallest absolute Gasteiger partial charge is 0.244 e. The van der Waals surface area contributed by atoms with Crippen LogP contribution < -0.4 is 4.74 Å². The van der Waals surface area contributed by atoms with Crippen molar-refractivity contribution in [2.45, 2.75) is 27.3 Å². The zero-order chi connectivity index (χ0) is 19.0. The lowest BCUT2D eigenvalue weighted by atomic mass is 10.1. The number of hydrogen-bond donors (Lipinski definition) is 0. The summed E-state index contributed by atoms with van der Waals surface area (Å²) in [5.74, 6) is 0.806. The van der Waals surface area contributed by atoms with E-state index < -0.39 is 0 Å². The Morgan fingerprint density at radius 1 is 1.00 bits per heavy atom. The molecule has 3 nitrogen and oxygen atoms in total. The molecule has 0 N–H and O–H groups in total. The largest absolute Gasteiger partial charge is 0.437 e. The first-order chi connectivity index (χ1) is 13.0. The van der Waals surface area contributed by atoms with Gasteiger partial charge in [-0.2, -0.15) is 0 Å². The molecule has 0 saturated heterocycles. The Kier molecular flexibility index (Phi) is 4.40. The van der Waals surface area contributed by atoms with Gasteiger partial charge in [0.2, 0.25) is 5.88 Å². The highest BCUT2D eigenvalue weighted by atomic mass is 19.1. The highest BCUT2D eigenvalue weighted by molar-refractivity contribution is 5.89. The molecule has 0 aliphatic heterocycles. The summed E-state index contributed by atoms with van der Waals surface area (Å²) in [4.78, 5) is 4.46. The zero-order valence-electron chi connectivity index (χ0n) is 15.7.